The van der Waals surface area contributed by atoms with Crippen LogP contribution >= 0.6 is 0 Å². The van der Waals surface area contributed by atoms with Crippen LogP contribution in [0.2, 0.25) is 0 Å². The molecule has 0 aliphatic heterocycles. The number of aromatic carboxylic acids is 1. The Balaban J connectivity index is 1.88. The van der Waals surface area contributed by atoms with Gasteiger partial charge in [-0.05, 0) is 12.1 Å². The largest absolute Gasteiger partial charge is 0.476 e. The molecule has 0 unspecified atom stereocenters. The van der Waals surface area contributed by atoms with Crippen molar-refractivity contribution in [2.45, 2.75) is 6.54 Å². The van der Waals surface area contributed by atoms with Crippen molar-refractivity contribution in [1.29, 1.82) is 0 Å². The molecule has 0 aliphatic rings. The van der Waals surface area contributed by atoms with Crippen molar-refractivity contribution in [3.05, 3.63) is 35.9 Å². The zero-order valence-electron chi connectivity index (χ0n) is 10.4. The number of rotatable bonds is 5. The fourth-order valence-electron chi connectivity index (χ4n) is 1.48. The molecule has 0 saturated heterocycles. The van der Waals surface area contributed by atoms with Crippen molar-refractivity contribution in [1.82, 2.24) is 25.3 Å². The summed E-state index contributed by atoms with van der Waals surface area (Å²) >= 11 is 0. The van der Waals surface area contributed by atoms with E-state index in [2.05, 4.69) is 20.6 Å². The van der Waals surface area contributed by atoms with Gasteiger partial charge >= 0.3 is 5.97 Å². The number of anilines is 1. The minimum Gasteiger partial charge on any atom is -0.476 e. The number of nitrogen functional groups attached to an aromatic ring is 1. The molecule has 0 radical (unpaired) electrons. The van der Waals surface area contributed by atoms with Gasteiger partial charge in [0, 0.05) is 12.7 Å². The van der Waals surface area contributed by atoms with E-state index < -0.39 is 11.9 Å². The molecule has 9 heteroatoms. The third-order valence-electron chi connectivity index (χ3n) is 2.44. The Hall–Kier alpha value is -2.97. The fourth-order valence-corrected chi connectivity index (χ4v) is 1.48. The third kappa shape index (κ3) is 3.07. The molecule has 104 valence electrons. The molecule has 0 bridgehead atoms. The molecule has 0 atom stereocenters. The van der Waals surface area contributed by atoms with Gasteiger partial charge in [0.2, 0.25) is 0 Å². The first-order valence-electron chi connectivity index (χ1n) is 5.70. The van der Waals surface area contributed by atoms with Crippen molar-refractivity contribution in [3.63, 3.8) is 0 Å². The van der Waals surface area contributed by atoms with Gasteiger partial charge in [0.05, 0.1) is 18.4 Å². The molecule has 2 aromatic rings. The zero-order valence-corrected chi connectivity index (χ0v) is 10.4. The number of hydrogen-bond acceptors (Lipinski definition) is 6. The number of hydrogen-bond donors (Lipinski definition) is 3. The summed E-state index contributed by atoms with van der Waals surface area (Å²) in [6, 6.07) is 3.22. The predicted octanol–water partition coefficient (Wildman–Crippen LogP) is -0.617. The van der Waals surface area contributed by atoms with Crippen molar-refractivity contribution in [2.75, 3.05) is 12.3 Å². The molecule has 2 rings (SSSR count). The van der Waals surface area contributed by atoms with E-state index in [9.17, 15) is 9.59 Å². The molecule has 0 fully saturated rings. The Bertz CT molecular complexity index is 639. The summed E-state index contributed by atoms with van der Waals surface area (Å²) in [5.41, 5.74) is 5.92. The number of nitrogens with one attached hydrogen (secondary N) is 1. The summed E-state index contributed by atoms with van der Waals surface area (Å²) in [5, 5.41) is 18.4. The van der Waals surface area contributed by atoms with Gasteiger partial charge in [-0.2, -0.15) is 0 Å². The number of carbonyl (C=O) groups is 2. The molecule has 0 saturated carbocycles. The number of nitrogens with zero attached hydrogens (tertiary/aromatic N) is 4. The quantitative estimate of drug-likeness (QED) is 0.662. The minimum absolute atomic E-state index is 0.148. The van der Waals surface area contributed by atoms with E-state index in [0.29, 0.717) is 12.2 Å². The summed E-state index contributed by atoms with van der Waals surface area (Å²) in [4.78, 5) is 26.3. The molecule has 9 nitrogen and oxygen atoms in total. The second-order valence-electron chi connectivity index (χ2n) is 3.87. The van der Waals surface area contributed by atoms with Crippen molar-refractivity contribution < 1.29 is 14.7 Å². The Morgan fingerprint density at radius 2 is 2.25 bits per heavy atom. The lowest BCUT2D eigenvalue weighted by atomic mass is 10.3. The minimum atomic E-state index is -1.15. The van der Waals surface area contributed by atoms with Crippen LogP contribution in [0.1, 0.15) is 21.0 Å². The van der Waals surface area contributed by atoms with Crippen LogP contribution in [0.5, 0.6) is 0 Å². The Morgan fingerprint density at radius 1 is 1.45 bits per heavy atom. The standard InChI is InChI=1S/C11H12N6O3/c12-7-2-1-3-13-9(7)10(18)14-4-5-17-6-8(11(19)20)15-16-17/h1-3,6H,4-5,12H2,(H,14,18)(H,19,20). The van der Waals surface area contributed by atoms with Gasteiger partial charge in [-0.3, -0.25) is 4.79 Å². The number of carboxylic acid groups (broad SMARTS) is 1. The summed E-state index contributed by atoms with van der Waals surface area (Å²) in [5.74, 6) is -1.55. The number of carboxylic acids is 1. The average Bonchev–Trinajstić information content (AvgIpc) is 2.88. The lowest BCUT2D eigenvalue weighted by Crippen LogP contribution is -2.28. The molecule has 2 heterocycles. The first-order chi connectivity index (χ1) is 9.58. The summed E-state index contributed by atoms with van der Waals surface area (Å²) in [6.45, 7) is 0.538. The van der Waals surface area contributed by atoms with Crippen LogP contribution in [0, 0.1) is 0 Å². The SMILES string of the molecule is Nc1cccnc1C(=O)NCCn1cc(C(=O)O)nn1. The van der Waals surface area contributed by atoms with Crippen LogP contribution in [0.15, 0.2) is 24.5 Å². The highest BCUT2D eigenvalue weighted by atomic mass is 16.4. The topological polar surface area (TPSA) is 136 Å². The summed E-state index contributed by atoms with van der Waals surface area (Å²) < 4.78 is 1.32. The number of aromatic nitrogens is 4. The van der Waals surface area contributed by atoms with E-state index in [0.717, 1.165) is 0 Å². The highest BCUT2D eigenvalue weighted by Gasteiger charge is 2.11. The van der Waals surface area contributed by atoms with Crippen LogP contribution in [-0.4, -0.2) is 43.5 Å². The first-order valence-corrected chi connectivity index (χ1v) is 5.70. The van der Waals surface area contributed by atoms with E-state index >= 15 is 0 Å². The number of amides is 1. The summed E-state index contributed by atoms with van der Waals surface area (Å²) in [7, 11) is 0. The molecular weight excluding hydrogens is 264 g/mol. The lowest BCUT2D eigenvalue weighted by Gasteiger charge is -2.06. The van der Waals surface area contributed by atoms with Gasteiger partial charge in [0.1, 0.15) is 0 Å². The molecule has 0 aromatic carbocycles. The van der Waals surface area contributed by atoms with E-state index in [1.807, 2.05) is 0 Å². The maximum atomic E-state index is 11.8. The number of carbonyl (C=O) groups excluding carboxylic acids is 1. The van der Waals surface area contributed by atoms with E-state index in [-0.39, 0.29) is 17.9 Å². The van der Waals surface area contributed by atoms with E-state index in [4.69, 9.17) is 10.8 Å². The normalized spacial score (nSPS) is 10.2. The van der Waals surface area contributed by atoms with Crippen molar-refractivity contribution >= 4 is 17.6 Å². The van der Waals surface area contributed by atoms with Crippen LogP contribution in [0.3, 0.4) is 0 Å². The maximum absolute atomic E-state index is 11.8. The van der Waals surface area contributed by atoms with Gasteiger partial charge in [-0.25, -0.2) is 14.5 Å². The maximum Gasteiger partial charge on any atom is 0.358 e. The van der Waals surface area contributed by atoms with Crippen molar-refractivity contribution in [2.24, 2.45) is 0 Å². The third-order valence-corrected chi connectivity index (χ3v) is 2.44. The van der Waals surface area contributed by atoms with E-state index in [1.165, 1.54) is 17.1 Å². The van der Waals surface area contributed by atoms with Gasteiger partial charge in [-0.15, -0.1) is 5.10 Å². The predicted molar refractivity (Wildman–Crippen MR) is 68.0 cm³/mol. The summed E-state index contributed by atoms with van der Waals surface area (Å²) in [6.07, 6.45) is 2.76. The average molecular weight is 276 g/mol. The smallest absolute Gasteiger partial charge is 0.358 e. The van der Waals surface area contributed by atoms with Gasteiger partial charge in [-0.1, -0.05) is 5.21 Å². The zero-order chi connectivity index (χ0) is 14.5. The Kier molecular flexibility index (Phi) is 3.89. The Morgan fingerprint density at radius 3 is 2.90 bits per heavy atom. The second-order valence-corrected chi connectivity index (χ2v) is 3.87. The number of pyridine rings is 1. The van der Waals surface area contributed by atoms with E-state index in [1.54, 1.807) is 12.1 Å². The number of nitrogens with two attached hydrogens (primary N) is 1. The fraction of sp³-hybridized carbons (Fsp3) is 0.182. The second kappa shape index (κ2) is 5.78. The molecular formula is C11H12N6O3. The van der Waals surface area contributed by atoms with Crippen molar-refractivity contribution in [3.8, 4) is 0 Å². The van der Waals surface area contributed by atoms with Gasteiger partial charge in [0.15, 0.2) is 11.4 Å². The molecule has 0 aliphatic carbocycles. The first kappa shape index (κ1) is 13.5. The monoisotopic (exact) mass is 276 g/mol. The molecule has 1 amide bonds. The molecule has 20 heavy (non-hydrogen) atoms. The lowest BCUT2D eigenvalue weighted by molar-refractivity contribution is 0.0690. The molecule has 0 spiro atoms. The Labute approximate surface area is 113 Å². The molecule has 4 N–H and O–H groups in total. The van der Waals surface area contributed by atoms with Crippen LogP contribution < -0.4 is 11.1 Å². The van der Waals surface area contributed by atoms with Gasteiger partial charge < -0.3 is 16.2 Å². The van der Waals surface area contributed by atoms with Gasteiger partial charge in [0.25, 0.3) is 5.91 Å². The van der Waals surface area contributed by atoms with Crippen LogP contribution in [0.25, 0.3) is 0 Å². The van der Waals surface area contributed by atoms with Crippen LogP contribution in [0.4, 0.5) is 5.69 Å². The van der Waals surface area contributed by atoms with Crippen LogP contribution in [-0.2, 0) is 6.54 Å². The highest BCUT2D eigenvalue weighted by Crippen LogP contribution is 2.05. The highest BCUT2D eigenvalue weighted by molar-refractivity contribution is 5.96. The molecule has 2 aromatic heterocycles.